The molecule has 1 saturated heterocycles. The Labute approximate surface area is 208 Å². The van der Waals surface area contributed by atoms with E-state index >= 15 is 0 Å². The Balaban J connectivity index is 1.43. The van der Waals surface area contributed by atoms with Gasteiger partial charge in [0.1, 0.15) is 10.9 Å². The van der Waals surface area contributed by atoms with Crippen molar-refractivity contribution >= 4 is 63.0 Å². The van der Waals surface area contributed by atoms with Crippen molar-refractivity contribution in [2.45, 2.75) is 45.6 Å². The van der Waals surface area contributed by atoms with Crippen molar-refractivity contribution in [2.24, 2.45) is 0 Å². The number of anilines is 2. The largest absolute Gasteiger partial charge is 0.325 e. The SMILES string of the molecule is Cc1ccc(NC(=O)CN2C(=O)/C(=C3/SC(=S)N(C4CCCC4)C3=O)c3ccccc32)cc1C. The van der Waals surface area contributed by atoms with Crippen LogP contribution in [-0.2, 0) is 14.4 Å². The van der Waals surface area contributed by atoms with Gasteiger partial charge in [0.25, 0.3) is 11.8 Å². The highest BCUT2D eigenvalue weighted by atomic mass is 32.2. The summed E-state index contributed by atoms with van der Waals surface area (Å²) in [4.78, 5) is 43.3. The van der Waals surface area contributed by atoms with Gasteiger partial charge in [0.15, 0.2) is 0 Å². The van der Waals surface area contributed by atoms with Gasteiger partial charge >= 0.3 is 0 Å². The van der Waals surface area contributed by atoms with Gasteiger partial charge in [0.05, 0.1) is 16.2 Å². The number of amides is 3. The lowest BCUT2D eigenvalue weighted by Crippen LogP contribution is -2.37. The van der Waals surface area contributed by atoms with Gasteiger partial charge in [0.2, 0.25) is 5.91 Å². The molecule has 0 radical (unpaired) electrons. The maximum Gasteiger partial charge on any atom is 0.267 e. The van der Waals surface area contributed by atoms with Crippen molar-refractivity contribution in [3.05, 3.63) is 64.1 Å². The van der Waals surface area contributed by atoms with E-state index in [9.17, 15) is 14.4 Å². The van der Waals surface area contributed by atoms with Crippen LogP contribution < -0.4 is 10.2 Å². The van der Waals surface area contributed by atoms with Crippen LogP contribution in [0.4, 0.5) is 11.4 Å². The summed E-state index contributed by atoms with van der Waals surface area (Å²) in [7, 11) is 0. The van der Waals surface area contributed by atoms with Crippen molar-refractivity contribution < 1.29 is 14.4 Å². The maximum absolute atomic E-state index is 13.6. The zero-order chi connectivity index (χ0) is 24.0. The molecule has 34 heavy (non-hydrogen) atoms. The molecule has 1 aliphatic carbocycles. The van der Waals surface area contributed by atoms with E-state index in [0.717, 1.165) is 36.8 Å². The van der Waals surface area contributed by atoms with Gasteiger partial charge in [-0.25, -0.2) is 0 Å². The van der Waals surface area contributed by atoms with E-state index in [1.54, 1.807) is 11.0 Å². The first-order valence-corrected chi connectivity index (χ1v) is 12.7. The number of nitrogens with zero attached hydrogens (tertiary/aromatic N) is 2. The molecule has 3 aliphatic rings. The molecule has 8 heteroatoms. The standard InChI is InChI=1S/C26H25N3O3S2/c1-15-11-12-17(13-16(15)2)27-21(30)14-28-20-10-6-5-9-19(20)22(24(28)31)23-25(32)29(26(33)34-23)18-7-3-4-8-18/h5-6,9-13,18H,3-4,7-8,14H2,1-2H3,(H,27,30)/b23-22+. The second-order valence-electron chi connectivity index (χ2n) is 8.94. The number of thiocarbonyl (C=S) groups is 1. The average Bonchev–Trinajstić information content (AvgIpc) is 3.49. The fourth-order valence-electron chi connectivity index (χ4n) is 4.83. The van der Waals surface area contributed by atoms with Crippen molar-refractivity contribution in [3.8, 4) is 0 Å². The number of carbonyl (C=O) groups is 3. The minimum Gasteiger partial charge on any atom is -0.325 e. The molecule has 0 unspecified atom stereocenters. The van der Waals surface area contributed by atoms with Gasteiger partial charge in [-0.15, -0.1) is 0 Å². The van der Waals surface area contributed by atoms with Gasteiger partial charge in [-0.05, 0) is 56.0 Å². The summed E-state index contributed by atoms with van der Waals surface area (Å²) >= 11 is 6.74. The number of rotatable bonds is 4. The number of thioether (sulfide) groups is 1. The van der Waals surface area contributed by atoms with Crippen molar-refractivity contribution in [1.82, 2.24) is 4.90 Å². The smallest absolute Gasteiger partial charge is 0.267 e. The van der Waals surface area contributed by atoms with Gasteiger partial charge < -0.3 is 5.32 Å². The van der Waals surface area contributed by atoms with Crippen LogP contribution in [0.3, 0.4) is 0 Å². The first-order chi connectivity index (χ1) is 16.3. The summed E-state index contributed by atoms with van der Waals surface area (Å²) in [5.41, 5.74) is 4.54. The third kappa shape index (κ3) is 3.95. The Kier molecular flexibility index (Phi) is 6.04. The Bertz CT molecular complexity index is 1260. The van der Waals surface area contributed by atoms with E-state index in [-0.39, 0.29) is 30.3 Å². The Morgan fingerprint density at radius 2 is 1.79 bits per heavy atom. The molecule has 0 bridgehead atoms. The molecule has 2 aromatic carbocycles. The van der Waals surface area contributed by atoms with Crippen LogP contribution in [0.5, 0.6) is 0 Å². The van der Waals surface area contributed by atoms with E-state index < -0.39 is 0 Å². The molecule has 0 spiro atoms. The number of hydrogen-bond acceptors (Lipinski definition) is 5. The minimum absolute atomic E-state index is 0.109. The van der Waals surface area contributed by atoms with E-state index in [1.807, 2.05) is 50.2 Å². The summed E-state index contributed by atoms with van der Waals surface area (Å²) in [6, 6.07) is 13.1. The number of aryl methyl sites for hydroxylation is 2. The van der Waals surface area contributed by atoms with Gasteiger partial charge in [-0.3, -0.25) is 24.2 Å². The van der Waals surface area contributed by atoms with Gasteiger partial charge in [0, 0.05) is 17.3 Å². The number of fused-ring (bicyclic) bond motifs is 1. The Morgan fingerprint density at radius 3 is 2.53 bits per heavy atom. The Morgan fingerprint density at radius 1 is 1.06 bits per heavy atom. The fourth-order valence-corrected chi connectivity index (χ4v) is 6.30. The highest BCUT2D eigenvalue weighted by molar-refractivity contribution is 8.26. The summed E-state index contributed by atoms with van der Waals surface area (Å²) < 4.78 is 0.510. The minimum atomic E-state index is -0.344. The molecular formula is C26H25N3O3S2. The third-order valence-electron chi connectivity index (χ3n) is 6.73. The fraction of sp³-hybridized carbons (Fsp3) is 0.308. The van der Waals surface area contributed by atoms with Crippen LogP contribution in [0.2, 0.25) is 0 Å². The lowest BCUT2D eigenvalue weighted by molar-refractivity contribution is -0.123. The first kappa shape index (κ1) is 22.8. The molecule has 2 aromatic rings. The summed E-state index contributed by atoms with van der Waals surface area (Å²) in [6.07, 6.45) is 4.03. The van der Waals surface area contributed by atoms with Crippen LogP contribution >= 0.6 is 24.0 Å². The van der Waals surface area contributed by atoms with Crippen molar-refractivity contribution in [1.29, 1.82) is 0 Å². The Hall–Kier alpha value is -2.97. The molecule has 0 atom stereocenters. The van der Waals surface area contributed by atoms with Crippen LogP contribution in [0.25, 0.3) is 5.57 Å². The monoisotopic (exact) mass is 491 g/mol. The highest BCUT2D eigenvalue weighted by Crippen LogP contribution is 2.46. The van der Waals surface area contributed by atoms with Crippen LogP contribution in [0.15, 0.2) is 47.4 Å². The summed E-state index contributed by atoms with van der Waals surface area (Å²) in [5, 5.41) is 2.88. The molecule has 6 nitrogen and oxygen atoms in total. The quantitative estimate of drug-likeness (QED) is 0.491. The van der Waals surface area contributed by atoms with E-state index in [0.29, 0.717) is 31.7 Å². The third-order valence-corrected chi connectivity index (χ3v) is 8.13. The van der Waals surface area contributed by atoms with E-state index in [4.69, 9.17) is 12.2 Å². The number of nitrogens with one attached hydrogen (secondary N) is 1. The predicted molar refractivity (Wildman–Crippen MR) is 140 cm³/mol. The lowest BCUT2D eigenvalue weighted by Gasteiger charge is -2.22. The molecule has 2 heterocycles. The molecule has 2 aliphatic heterocycles. The molecular weight excluding hydrogens is 466 g/mol. The molecule has 1 N–H and O–H groups in total. The van der Waals surface area contributed by atoms with Crippen LogP contribution in [-0.4, -0.2) is 39.5 Å². The number of hydrogen-bond donors (Lipinski definition) is 1. The summed E-state index contributed by atoms with van der Waals surface area (Å²) in [6.45, 7) is 3.85. The topological polar surface area (TPSA) is 69.7 Å². The molecule has 174 valence electrons. The molecule has 0 aromatic heterocycles. The maximum atomic E-state index is 13.6. The lowest BCUT2D eigenvalue weighted by atomic mass is 10.1. The number of para-hydroxylation sites is 1. The van der Waals surface area contributed by atoms with Crippen molar-refractivity contribution in [2.75, 3.05) is 16.8 Å². The zero-order valence-corrected chi connectivity index (χ0v) is 20.7. The zero-order valence-electron chi connectivity index (χ0n) is 19.1. The highest BCUT2D eigenvalue weighted by Gasteiger charge is 2.44. The first-order valence-electron chi connectivity index (χ1n) is 11.4. The van der Waals surface area contributed by atoms with E-state index in [1.165, 1.54) is 16.7 Å². The van der Waals surface area contributed by atoms with Crippen LogP contribution in [0.1, 0.15) is 42.4 Å². The molecule has 2 fully saturated rings. The summed E-state index contributed by atoms with van der Waals surface area (Å²) in [5.74, 6) is -0.837. The van der Waals surface area contributed by atoms with E-state index in [2.05, 4.69) is 5.32 Å². The number of benzene rings is 2. The van der Waals surface area contributed by atoms with Gasteiger partial charge in [-0.1, -0.05) is 61.1 Å². The average molecular weight is 492 g/mol. The second-order valence-corrected chi connectivity index (χ2v) is 10.6. The van der Waals surface area contributed by atoms with Crippen LogP contribution in [0, 0.1) is 13.8 Å². The molecule has 3 amide bonds. The number of carbonyl (C=O) groups excluding carboxylic acids is 3. The molecule has 5 rings (SSSR count). The van der Waals surface area contributed by atoms with Gasteiger partial charge in [-0.2, -0.15) is 0 Å². The predicted octanol–water partition coefficient (Wildman–Crippen LogP) is 4.80. The normalized spacial score (nSPS) is 20.5. The molecule has 1 saturated carbocycles. The van der Waals surface area contributed by atoms with Crippen molar-refractivity contribution in [3.63, 3.8) is 0 Å². The second kappa shape index (κ2) is 9.00.